The highest BCUT2D eigenvalue weighted by Crippen LogP contribution is 2.25. The van der Waals surface area contributed by atoms with Crippen molar-refractivity contribution in [3.8, 4) is 0 Å². The third-order valence-corrected chi connectivity index (χ3v) is 5.35. The molecule has 4 nitrogen and oxygen atoms in total. The third kappa shape index (κ3) is 5.83. The monoisotopic (exact) mass is 366 g/mol. The first-order chi connectivity index (χ1) is 13.2. The van der Waals surface area contributed by atoms with Crippen molar-refractivity contribution in [1.82, 2.24) is 4.90 Å². The number of aliphatic carboxylic acids is 1. The zero-order chi connectivity index (χ0) is 18.9. The van der Waals surface area contributed by atoms with Crippen LogP contribution in [0.15, 0.2) is 60.7 Å². The summed E-state index contributed by atoms with van der Waals surface area (Å²) in [6.45, 7) is 3.77. The molecule has 1 atom stereocenters. The molecule has 1 heterocycles. The molecule has 1 N–H and O–H groups in total. The van der Waals surface area contributed by atoms with Crippen molar-refractivity contribution < 1.29 is 9.90 Å². The van der Waals surface area contributed by atoms with Crippen molar-refractivity contribution in [2.24, 2.45) is 5.92 Å². The topological polar surface area (TPSA) is 43.8 Å². The van der Waals surface area contributed by atoms with Crippen molar-refractivity contribution in [3.63, 3.8) is 0 Å². The zero-order valence-electron chi connectivity index (χ0n) is 16.0. The van der Waals surface area contributed by atoms with Gasteiger partial charge in [-0.2, -0.15) is 0 Å². The first kappa shape index (κ1) is 19.4. The van der Waals surface area contributed by atoms with Gasteiger partial charge >= 0.3 is 5.97 Å². The van der Waals surface area contributed by atoms with Crippen LogP contribution < -0.4 is 4.90 Å². The summed E-state index contributed by atoms with van der Waals surface area (Å²) in [5, 5.41) is 9.21. The number of hydrogen-bond donors (Lipinski definition) is 1. The molecule has 2 aromatic carbocycles. The molecular formula is C23H30N2O2. The van der Waals surface area contributed by atoms with Crippen LogP contribution in [0.3, 0.4) is 0 Å². The molecule has 1 aliphatic heterocycles. The predicted molar refractivity (Wildman–Crippen MR) is 111 cm³/mol. The number of piperidine rings is 1. The molecule has 0 spiro atoms. The van der Waals surface area contributed by atoms with Gasteiger partial charge < -0.3 is 14.9 Å². The Morgan fingerprint density at radius 2 is 1.59 bits per heavy atom. The van der Waals surface area contributed by atoms with E-state index < -0.39 is 5.97 Å². The summed E-state index contributed by atoms with van der Waals surface area (Å²) in [4.78, 5) is 15.9. The highest BCUT2D eigenvalue weighted by molar-refractivity contribution is 5.70. The average molecular weight is 367 g/mol. The van der Waals surface area contributed by atoms with Crippen LogP contribution in [0.1, 0.15) is 32.1 Å². The fourth-order valence-corrected chi connectivity index (χ4v) is 3.87. The van der Waals surface area contributed by atoms with Gasteiger partial charge in [0.05, 0.1) is 5.92 Å². The Balaban J connectivity index is 1.46. The minimum Gasteiger partial charge on any atom is -0.481 e. The second-order valence-corrected chi connectivity index (χ2v) is 7.36. The lowest BCUT2D eigenvalue weighted by atomic mass is 9.98. The van der Waals surface area contributed by atoms with Crippen molar-refractivity contribution >= 4 is 17.3 Å². The van der Waals surface area contributed by atoms with Crippen LogP contribution in [-0.4, -0.2) is 42.2 Å². The number of para-hydroxylation sites is 2. The molecule has 0 saturated carbocycles. The van der Waals surface area contributed by atoms with Gasteiger partial charge in [-0.05, 0) is 63.0 Å². The maximum Gasteiger partial charge on any atom is 0.307 e. The van der Waals surface area contributed by atoms with Gasteiger partial charge in [-0.15, -0.1) is 0 Å². The molecule has 1 saturated heterocycles. The summed E-state index contributed by atoms with van der Waals surface area (Å²) in [5.41, 5.74) is 2.45. The smallest absolute Gasteiger partial charge is 0.307 e. The quantitative estimate of drug-likeness (QED) is 0.648. The van der Waals surface area contributed by atoms with Gasteiger partial charge in [0.2, 0.25) is 0 Å². The Kier molecular flexibility index (Phi) is 7.28. The largest absolute Gasteiger partial charge is 0.481 e. The Hall–Kier alpha value is -2.33. The van der Waals surface area contributed by atoms with E-state index in [0.717, 1.165) is 58.3 Å². The standard InChI is InChI=1S/C23H30N2O2/c26-23(27)20-11-10-17-24(19-20)16-8-3-9-18-25(21-12-4-1-5-13-21)22-14-6-2-7-15-22/h1-2,4-7,12-15,20H,3,8-11,16-19H2,(H,26,27). The number of nitrogens with zero attached hydrogens (tertiary/aromatic N) is 2. The Morgan fingerprint density at radius 1 is 0.963 bits per heavy atom. The van der Waals surface area contributed by atoms with E-state index in [9.17, 15) is 9.90 Å². The van der Waals surface area contributed by atoms with Gasteiger partial charge in [-0.1, -0.05) is 42.8 Å². The Morgan fingerprint density at radius 3 is 2.19 bits per heavy atom. The number of carboxylic acid groups (broad SMARTS) is 1. The highest BCUT2D eigenvalue weighted by atomic mass is 16.4. The number of likely N-dealkylation sites (tertiary alicyclic amines) is 1. The van der Waals surface area contributed by atoms with E-state index in [2.05, 4.69) is 70.5 Å². The lowest BCUT2D eigenvalue weighted by Crippen LogP contribution is -2.39. The van der Waals surface area contributed by atoms with Gasteiger partial charge in [-0.3, -0.25) is 4.79 Å². The van der Waals surface area contributed by atoms with E-state index in [4.69, 9.17) is 0 Å². The first-order valence-corrected chi connectivity index (χ1v) is 10.1. The van der Waals surface area contributed by atoms with Crippen LogP contribution in [-0.2, 0) is 4.79 Å². The molecule has 2 aromatic rings. The Bertz CT molecular complexity index is 651. The molecule has 3 rings (SSSR count). The Labute approximate surface area is 162 Å². The molecule has 4 heteroatoms. The summed E-state index contributed by atoms with van der Waals surface area (Å²) < 4.78 is 0. The molecular weight excluding hydrogens is 336 g/mol. The number of carbonyl (C=O) groups is 1. The first-order valence-electron chi connectivity index (χ1n) is 10.1. The molecule has 1 unspecified atom stereocenters. The fraction of sp³-hybridized carbons (Fsp3) is 0.435. The molecule has 27 heavy (non-hydrogen) atoms. The minimum atomic E-state index is -0.638. The lowest BCUT2D eigenvalue weighted by molar-refractivity contribution is -0.143. The van der Waals surface area contributed by atoms with Crippen molar-refractivity contribution in [3.05, 3.63) is 60.7 Å². The number of carboxylic acids is 1. The van der Waals surface area contributed by atoms with E-state index in [1.807, 2.05) is 0 Å². The van der Waals surface area contributed by atoms with Crippen molar-refractivity contribution in [1.29, 1.82) is 0 Å². The third-order valence-electron chi connectivity index (χ3n) is 5.35. The van der Waals surface area contributed by atoms with Crippen LogP contribution in [0.5, 0.6) is 0 Å². The van der Waals surface area contributed by atoms with Crippen LogP contribution in [0.2, 0.25) is 0 Å². The summed E-state index contributed by atoms with van der Waals surface area (Å²) >= 11 is 0. The fourth-order valence-electron chi connectivity index (χ4n) is 3.87. The number of anilines is 2. The second kappa shape index (κ2) is 10.1. The van der Waals surface area contributed by atoms with Gasteiger partial charge in [0.15, 0.2) is 0 Å². The van der Waals surface area contributed by atoms with Crippen LogP contribution in [0, 0.1) is 5.92 Å². The zero-order valence-corrected chi connectivity index (χ0v) is 16.0. The summed E-state index contributed by atoms with van der Waals surface area (Å²) in [5.74, 6) is -0.813. The SMILES string of the molecule is O=C(O)C1CCCN(CCCCCN(c2ccccc2)c2ccccc2)C1. The number of hydrogen-bond acceptors (Lipinski definition) is 3. The van der Waals surface area contributed by atoms with Gasteiger partial charge in [0.1, 0.15) is 0 Å². The second-order valence-electron chi connectivity index (χ2n) is 7.36. The van der Waals surface area contributed by atoms with Gasteiger partial charge in [0, 0.05) is 24.5 Å². The highest BCUT2D eigenvalue weighted by Gasteiger charge is 2.24. The maximum absolute atomic E-state index is 11.2. The predicted octanol–water partition coefficient (Wildman–Crippen LogP) is 4.79. The number of unbranched alkanes of at least 4 members (excludes halogenated alkanes) is 2. The maximum atomic E-state index is 11.2. The van der Waals surface area contributed by atoms with E-state index in [0.29, 0.717) is 0 Å². The van der Waals surface area contributed by atoms with Crippen LogP contribution in [0.4, 0.5) is 11.4 Å². The van der Waals surface area contributed by atoms with E-state index in [-0.39, 0.29) is 5.92 Å². The molecule has 1 fully saturated rings. The summed E-state index contributed by atoms with van der Waals surface area (Å²) in [6, 6.07) is 21.1. The van der Waals surface area contributed by atoms with E-state index in [1.165, 1.54) is 11.4 Å². The minimum absolute atomic E-state index is 0.176. The summed E-state index contributed by atoms with van der Waals surface area (Å²) in [6.07, 6.45) is 5.25. The molecule has 0 aliphatic carbocycles. The molecule has 1 aliphatic rings. The average Bonchev–Trinajstić information content (AvgIpc) is 2.72. The van der Waals surface area contributed by atoms with Crippen LogP contribution in [0.25, 0.3) is 0 Å². The van der Waals surface area contributed by atoms with E-state index in [1.54, 1.807) is 0 Å². The van der Waals surface area contributed by atoms with Crippen molar-refractivity contribution in [2.75, 3.05) is 31.1 Å². The van der Waals surface area contributed by atoms with Gasteiger partial charge in [-0.25, -0.2) is 0 Å². The van der Waals surface area contributed by atoms with E-state index >= 15 is 0 Å². The number of rotatable bonds is 9. The molecule has 0 bridgehead atoms. The summed E-state index contributed by atoms with van der Waals surface area (Å²) in [7, 11) is 0. The molecule has 0 amide bonds. The normalized spacial score (nSPS) is 17.6. The molecule has 0 radical (unpaired) electrons. The molecule has 0 aromatic heterocycles. The van der Waals surface area contributed by atoms with Gasteiger partial charge in [0.25, 0.3) is 0 Å². The lowest BCUT2D eigenvalue weighted by Gasteiger charge is -2.30. The molecule has 144 valence electrons. The van der Waals surface area contributed by atoms with Crippen LogP contribution >= 0.6 is 0 Å². The number of benzene rings is 2. The van der Waals surface area contributed by atoms with Crippen molar-refractivity contribution in [2.45, 2.75) is 32.1 Å².